The second kappa shape index (κ2) is 11.5. The summed E-state index contributed by atoms with van der Waals surface area (Å²) in [6.07, 6.45) is 1.42. The number of hydrogen-bond donors (Lipinski definition) is 1. The normalized spacial score (nSPS) is 12.1. The first-order valence-electron chi connectivity index (χ1n) is 10.4. The number of aryl methyl sites for hydroxylation is 1. The molecule has 0 radical (unpaired) electrons. The number of ether oxygens (including phenoxy) is 1. The van der Waals surface area contributed by atoms with Crippen molar-refractivity contribution in [3.63, 3.8) is 0 Å². The summed E-state index contributed by atoms with van der Waals surface area (Å²) in [6, 6.07) is 11.5. The third-order valence-corrected chi connectivity index (χ3v) is 7.26. The van der Waals surface area contributed by atoms with Gasteiger partial charge in [-0.05, 0) is 54.8 Å². The van der Waals surface area contributed by atoms with Gasteiger partial charge in [-0.3, -0.25) is 13.9 Å². The third-order valence-electron chi connectivity index (χ3n) is 5.23. The molecule has 2 aromatic rings. The number of nitrogens with zero attached hydrogens (tertiary/aromatic N) is 2. The lowest BCUT2D eigenvalue weighted by Gasteiger charge is -2.32. The molecule has 0 unspecified atom stereocenters. The zero-order valence-electron chi connectivity index (χ0n) is 19.5. The minimum atomic E-state index is -3.77. The molecule has 0 saturated heterocycles. The number of carbonyl (C=O) groups is 2. The molecule has 0 bridgehead atoms. The second-order valence-corrected chi connectivity index (χ2v) is 10.4. The molecule has 0 aliphatic rings. The van der Waals surface area contributed by atoms with Gasteiger partial charge >= 0.3 is 0 Å². The van der Waals surface area contributed by atoms with Crippen LogP contribution in [0.15, 0.2) is 46.9 Å². The van der Waals surface area contributed by atoms with Crippen molar-refractivity contribution in [1.82, 2.24) is 10.2 Å². The van der Waals surface area contributed by atoms with Gasteiger partial charge < -0.3 is 15.0 Å². The number of methoxy groups -OCH3 is 1. The van der Waals surface area contributed by atoms with Crippen LogP contribution in [-0.4, -0.2) is 58.1 Å². The van der Waals surface area contributed by atoms with Gasteiger partial charge in [0.25, 0.3) is 0 Å². The van der Waals surface area contributed by atoms with Gasteiger partial charge in [0.15, 0.2) is 0 Å². The number of carbonyl (C=O) groups excluding carboxylic acids is 2. The molecular formula is C23H30BrN3O5S. The van der Waals surface area contributed by atoms with Gasteiger partial charge in [-0.25, -0.2) is 8.42 Å². The molecule has 0 aliphatic carbocycles. The van der Waals surface area contributed by atoms with E-state index in [0.717, 1.165) is 26.2 Å². The number of hydrogen-bond acceptors (Lipinski definition) is 5. The Kier molecular flexibility index (Phi) is 9.30. The SMILES string of the molecule is CC[C@@H](C(=O)NC)N(Cc1cccc(OC)c1)C(=O)CN(c1ccc(Br)c(C)c1)S(C)(=O)=O. The summed E-state index contributed by atoms with van der Waals surface area (Å²) < 4.78 is 32.4. The van der Waals surface area contributed by atoms with Crippen LogP contribution in [0.3, 0.4) is 0 Å². The molecule has 2 rings (SSSR count). The van der Waals surface area contributed by atoms with E-state index in [9.17, 15) is 18.0 Å². The maximum atomic E-state index is 13.5. The molecule has 0 heterocycles. The molecule has 0 fully saturated rings. The van der Waals surface area contributed by atoms with Crippen molar-refractivity contribution in [1.29, 1.82) is 0 Å². The highest BCUT2D eigenvalue weighted by Gasteiger charge is 2.31. The molecule has 10 heteroatoms. The van der Waals surface area contributed by atoms with Crippen molar-refractivity contribution < 1.29 is 22.7 Å². The van der Waals surface area contributed by atoms with Crippen molar-refractivity contribution >= 4 is 43.5 Å². The number of likely N-dealkylation sites (N-methyl/N-ethyl adjacent to an activating group) is 1. The Morgan fingerprint density at radius 3 is 2.42 bits per heavy atom. The van der Waals surface area contributed by atoms with Crippen LogP contribution in [0.2, 0.25) is 0 Å². The maximum Gasteiger partial charge on any atom is 0.244 e. The van der Waals surface area contributed by atoms with Gasteiger partial charge in [0.2, 0.25) is 21.8 Å². The average Bonchev–Trinajstić information content (AvgIpc) is 2.78. The molecule has 1 N–H and O–H groups in total. The molecule has 1 atom stereocenters. The Hall–Kier alpha value is -2.59. The highest BCUT2D eigenvalue weighted by atomic mass is 79.9. The zero-order chi connectivity index (χ0) is 24.8. The third kappa shape index (κ3) is 6.94. The molecule has 0 aromatic heterocycles. The van der Waals surface area contributed by atoms with E-state index in [1.807, 2.05) is 13.0 Å². The minimum Gasteiger partial charge on any atom is -0.497 e. The number of sulfonamides is 1. The molecule has 33 heavy (non-hydrogen) atoms. The van der Waals surface area contributed by atoms with Crippen LogP contribution in [0.1, 0.15) is 24.5 Å². The monoisotopic (exact) mass is 539 g/mol. The summed E-state index contributed by atoms with van der Waals surface area (Å²) in [6.45, 7) is 3.33. The van der Waals surface area contributed by atoms with Crippen molar-refractivity contribution in [3.8, 4) is 5.75 Å². The van der Waals surface area contributed by atoms with Gasteiger partial charge in [-0.1, -0.05) is 35.0 Å². The Morgan fingerprint density at radius 1 is 1.18 bits per heavy atom. The highest BCUT2D eigenvalue weighted by molar-refractivity contribution is 9.10. The first-order chi connectivity index (χ1) is 15.5. The predicted octanol–water partition coefficient (Wildman–Crippen LogP) is 3.09. The lowest BCUT2D eigenvalue weighted by Crippen LogP contribution is -2.51. The van der Waals surface area contributed by atoms with E-state index in [1.165, 1.54) is 11.9 Å². The fourth-order valence-electron chi connectivity index (χ4n) is 3.45. The van der Waals surface area contributed by atoms with Gasteiger partial charge in [0, 0.05) is 18.1 Å². The zero-order valence-corrected chi connectivity index (χ0v) is 21.9. The van der Waals surface area contributed by atoms with Crippen molar-refractivity contribution in [2.45, 2.75) is 32.9 Å². The molecule has 0 aliphatic heterocycles. The van der Waals surface area contributed by atoms with Crippen LogP contribution < -0.4 is 14.4 Å². The second-order valence-electron chi connectivity index (χ2n) is 7.61. The largest absolute Gasteiger partial charge is 0.497 e. The van der Waals surface area contributed by atoms with E-state index >= 15 is 0 Å². The average molecular weight is 540 g/mol. The van der Waals surface area contributed by atoms with Crippen LogP contribution in [0, 0.1) is 6.92 Å². The lowest BCUT2D eigenvalue weighted by molar-refractivity contribution is -0.140. The van der Waals surface area contributed by atoms with E-state index in [-0.39, 0.29) is 12.5 Å². The number of halogens is 1. The fraction of sp³-hybridized carbons (Fsp3) is 0.391. The van der Waals surface area contributed by atoms with Crippen LogP contribution in [0.5, 0.6) is 5.75 Å². The van der Waals surface area contributed by atoms with Crippen molar-refractivity contribution in [2.75, 3.05) is 31.3 Å². The summed E-state index contributed by atoms with van der Waals surface area (Å²) >= 11 is 3.41. The Balaban J connectivity index is 2.45. The number of rotatable bonds is 10. The smallest absolute Gasteiger partial charge is 0.244 e. The summed E-state index contributed by atoms with van der Waals surface area (Å²) in [7, 11) is -0.714. The van der Waals surface area contributed by atoms with E-state index in [2.05, 4.69) is 21.2 Å². The molecular weight excluding hydrogens is 510 g/mol. The van der Waals surface area contributed by atoms with E-state index in [1.54, 1.807) is 50.4 Å². The van der Waals surface area contributed by atoms with Gasteiger partial charge in [-0.15, -0.1) is 0 Å². The van der Waals surface area contributed by atoms with E-state index < -0.39 is 28.5 Å². The molecule has 2 amide bonds. The Morgan fingerprint density at radius 2 is 1.88 bits per heavy atom. The van der Waals surface area contributed by atoms with E-state index in [4.69, 9.17) is 4.74 Å². The van der Waals surface area contributed by atoms with Crippen LogP contribution in [-0.2, 0) is 26.2 Å². The summed E-state index contributed by atoms with van der Waals surface area (Å²) in [5, 5.41) is 2.59. The number of anilines is 1. The first-order valence-corrected chi connectivity index (χ1v) is 13.0. The molecule has 8 nitrogen and oxygen atoms in total. The topological polar surface area (TPSA) is 96.0 Å². The minimum absolute atomic E-state index is 0.124. The van der Waals surface area contributed by atoms with E-state index in [0.29, 0.717) is 17.9 Å². The summed E-state index contributed by atoms with van der Waals surface area (Å²) in [5.74, 6) is -0.186. The van der Waals surface area contributed by atoms with Gasteiger partial charge in [0.05, 0.1) is 19.1 Å². The van der Waals surface area contributed by atoms with Crippen LogP contribution in [0.4, 0.5) is 5.69 Å². The molecule has 2 aromatic carbocycles. The Bertz CT molecular complexity index is 1110. The standard InChI is InChI=1S/C23H30BrN3O5S/c1-6-21(23(29)25-3)26(14-17-8-7-9-19(13-17)32-4)22(28)15-27(33(5,30)31)18-10-11-20(24)16(2)12-18/h7-13,21H,6,14-15H2,1-5H3,(H,25,29)/t21-/m0/s1. The number of nitrogens with one attached hydrogen (secondary N) is 1. The number of benzene rings is 2. The lowest BCUT2D eigenvalue weighted by atomic mass is 10.1. The first kappa shape index (κ1) is 26.7. The van der Waals surface area contributed by atoms with Crippen molar-refractivity contribution in [2.24, 2.45) is 0 Å². The maximum absolute atomic E-state index is 13.5. The van der Waals surface area contributed by atoms with Crippen LogP contribution >= 0.6 is 15.9 Å². The highest BCUT2D eigenvalue weighted by Crippen LogP contribution is 2.25. The molecule has 0 spiro atoms. The quantitative estimate of drug-likeness (QED) is 0.500. The summed E-state index contributed by atoms with van der Waals surface area (Å²) in [4.78, 5) is 27.5. The van der Waals surface area contributed by atoms with Gasteiger partial charge in [0.1, 0.15) is 18.3 Å². The Labute approximate surface area is 204 Å². The summed E-state index contributed by atoms with van der Waals surface area (Å²) in [5.41, 5.74) is 1.97. The van der Waals surface area contributed by atoms with Crippen LogP contribution in [0.25, 0.3) is 0 Å². The molecule has 0 saturated carbocycles. The predicted molar refractivity (Wildman–Crippen MR) is 133 cm³/mol. The fourth-order valence-corrected chi connectivity index (χ4v) is 4.54. The van der Waals surface area contributed by atoms with Crippen molar-refractivity contribution in [3.05, 3.63) is 58.1 Å². The van der Waals surface area contributed by atoms with Gasteiger partial charge in [-0.2, -0.15) is 0 Å². The molecule has 180 valence electrons. The number of amides is 2.